The molecule has 0 bridgehead atoms. The molecule has 3 aromatic rings. The van der Waals surface area contributed by atoms with Crippen molar-refractivity contribution < 1.29 is 4.79 Å². The highest BCUT2D eigenvalue weighted by atomic mass is 35.5. The van der Waals surface area contributed by atoms with Crippen LogP contribution in [0.1, 0.15) is 27.9 Å². The number of fused-ring (bicyclic) bond motifs is 1. The molecule has 0 spiro atoms. The van der Waals surface area contributed by atoms with Gasteiger partial charge in [-0.2, -0.15) is 0 Å². The number of amides is 1. The number of nitrogens with zero attached hydrogens (tertiary/aromatic N) is 3. The fraction of sp³-hybridized carbons (Fsp3) is 0.250. The van der Waals surface area contributed by atoms with Crippen molar-refractivity contribution in [3.63, 3.8) is 0 Å². The molecule has 1 amide bonds. The van der Waals surface area contributed by atoms with E-state index in [1.165, 1.54) is 11.3 Å². The van der Waals surface area contributed by atoms with Crippen molar-refractivity contribution in [2.75, 3.05) is 37.6 Å². The standard InChI is InChI=1S/C28H27Cl2N3O/c29-25-13-8-21(19-26(25)30)20-31-14-4-15-32(18-17-31)28(34)23-9-11-24(12-10-23)33-16-3-6-22-5-1-2-7-27(22)33/h1-3,5-13,19H,4,14-18,20H2. The van der Waals surface area contributed by atoms with Gasteiger partial charge in [0, 0.05) is 56.2 Å². The fourth-order valence-electron chi connectivity index (χ4n) is 4.70. The minimum atomic E-state index is 0.0990. The molecule has 0 radical (unpaired) electrons. The summed E-state index contributed by atoms with van der Waals surface area (Å²) in [5.74, 6) is 0.0990. The number of benzene rings is 3. The SMILES string of the molecule is O=C(c1ccc(N2CC=Cc3ccccc32)cc1)N1CCCN(Cc2ccc(Cl)c(Cl)c2)CC1. The Bertz CT molecular complexity index is 1210. The number of halogens is 2. The highest BCUT2D eigenvalue weighted by molar-refractivity contribution is 6.42. The van der Waals surface area contributed by atoms with Crippen LogP contribution in [0.2, 0.25) is 10.0 Å². The molecule has 0 atom stereocenters. The van der Waals surface area contributed by atoms with Crippen molar-refractivity contribution in [3.8, 4) is 0 Å². The van der Waals surface area contributed by atoms with E-state index < -0.39 is 0 Å². The lowest BCUT2D eigenvalue weighted by Gasteiger charge is -2.28. The van der Waals surface area contributed by atoms with E-state index in [1.807, 2.05) is 35.2 Å². The van der Waals surface area contributed by atoms with Gasteiger partial charge in [0.15, 0.2) is 0 Å². The minimum absolute atomic E-state index is 0.0990. The fourth-order valence-corrected chi connectivity index (χ4v) is 5.02. The second kappa shape index (κ2) is 10.2. The van der Waals surface area contributed by atoms with E-state index in [9.17, 15) is 4.79 Å². The van der Waals surface area contributed by atoms with E-state index in [4.69, 9.17) is 23.2 Å². The number of carbonyl (C=O) groups is 1. The summed E-state index contributed by atoms with van der Waals surface area (Å²) in [7, 11) is 0. The second-order valence-corrected chi connectivity index (χ2v) is 9.60. The molecule has 2 heterocycles. The molecule has 1 saturated heterocycles. The quantitative estimate of drug-likeness (QED) is 0.416. The zero-order valence-corrected chi connectivity index (χ0v) is 20.5. The summed E-state index contributed by atoms with van der Waals surface area (Å²) < 4.78 is 0. The molecule has 3 aromatic carbocycles. The lowest BCUT2D eigenvalue weighted by Crippen LogP contribution is -2.35. The summed E-state index contributed by atoms with van der Waals surface area (Å²) in [6, 6.07) is 22.2. The van der Waals surface area contributed by atoms with Gasteiger partial charge in [-0.25, -0.2) is 0 Å². The van der Waals surface area contributed by atoms with Gasteiger partial charge in [0.05, 0.1) is 10.0 Å². The maximum Gasteiger partial charge on any atom is 0.253 e. The molecular formula is C28H27Cl2N3O. The molecule has 0 aliphatic carbocycles. The molecule has 6 heteroatoms. The van der Waals surface area contributed by atoms with Crippen LogP contribution in [0.3, 0.4) is 0 Å². The van der Waals surface area contributed by atoms with Crippen LogP contribution in [0, 0.1) is 0 Å². The molecular weight excluding hydrogens is 465 g/mol. The first-order valence-corrected chi connectivity index (χ1v) is 12.4. The molecule has 0 aromatic heterocycles. The van der Waals surface area contributed by atoms with Crippen LogP contribution in [-0.4, -0.2) is 48.4 Å². The van der Waals surface area contributed by atoms with E-state index >= 15 is 0 Å². The summed E-state index contributed by atoms with van der Waals surface area (Å²) in [6.07, 6.45) is 5.28. The summed E-state index contributed by atoms with van der Waals surface area (Å²) in [6.45, 7) is 4.89. The van der Waals surface area contributed by atoms with E-state index in [-0.39, 0.29) is 5.91 Å². The van der Waals surface area contributed by atoms with Gasteiger partial charge < -0.3 is 9.80 Å². The van der Waals surface area contributed by atoms with Crippen LogP contribution < -0.4 is 4.90 Å². The van der Waals surface area contributed by atoms with E-state index in [1.54, 1.807) is 0 Å². The van der Waals surface area contributed by atoms with Gasteiger partial charge in [-0.15, -0.1) is 0 Å². The van der Waals surface area contributed by atoms with Crippen molar-refractivity contribution in [1.82, 2.24) is 9.80 Å². The summed E-state index contributed by atoms with van der Waals surface area (Å²) in [4.78, 5) is 19.9. The van der Waals surface area contributed by atoms with Crippen LogP contribution in [-0.2, 0) is 6.54 Å². The number of para-hydroxylation sites is 1. The lowest BCUT2D eigenvalue weighted by atomic mass is 10.1. The number of anilines is 2. The first-order chi connectivity index (χ1) is 16.6. The van der Waals surface area contributed by atoms with Gasteiger partial charge in [0.2, 0.25) is 0 Å². The van der Waals surface area contributed by atoms with Crippen LogP contribution in [0.15, 0.2) is 72.8 Å². The Morgan fingerprint density at radius 1 is 0.853 bits per heavy atom. The molecule has 2 aliphatic rings. The van der Waals surface area contributed by atoms with E-state index in [0.29, 0.717) is 16.6 Å². The van der Waals surface area contributed by atoms with Gasteiger partial charge in [0.1, 0.15) is 0 Å². The Morgan fingerprint density at radius 3 is 2.50 bits per heavy atom. The molecule has 2 aliphatic heterocycles. The van der Waals surface area contributed by atoms with Crippen molar-refractivity contribution in [2.45, 2.75) is 13.0 Å². The van der Waals surface area contributed by atoms with E-state index in [2.05, 4.69) is 58.4 Å². The second-order valence-electron chi connectivity index (χ2n) is 8.79. The van der Waals surface area contributed by atoms with Crippen LogP contribution in [0.5, 0.6) is 0 Å². The van der Waals surface area contributed by atoms with Gasteiger partial charge in [-0.05, 0) is 60.0 Å². The third kappa shape index (κ3) is 5.00. The highest BCUT2D eigenvalue weighted by Gasteiger charge is 2.21. The van der Waals surface area contributed by atoms with Crippen molar-refractivity contribution in [3.05, 3.63) is 99.5 Å². The zero-order chi connectivity index (χ0) is 23.5. The Labute approximate surface area is 211 Å². The van der Waals surface area contributed by atoms with E-state index in [0.717, 1.165) is 56.0 Å². The molecule has 4 nitrogen and oxygen atoms in total. The average molecular weight is 492 g/mol. The average Bonchev–Trinajstić information content (AvgIpc) is 3.11. The third-order valence-corrected chi connectivity index (χ3v) is 7.24. The third-order valence-electron chi connectivity index (χ3n) is 6.50. The van der Waals surface area contributed by atoms with Gasteiger partial charge in [0.25, 0.3) is 5.91 Å². The van der Waals surface area contributed by atoms with Crippen LogP contribution in [0.4, 0.5) is 11.4 Å². The van der Waals surface area contributed by atoms with Crippen LogP contribution >= 0.6 is 23.2 Å². The minimum Gasteiger partial charge on any atom is -0.337 e. The lowest BCUT2D eigenvalue weighted by molar-refractivity contribution is 0.0761. The van der Waals surface area contributed by atoms with Gasteiger partial charge in [-0.3, -0.25) is 9.69 Å². The molecule has 0 unspecified atom stereocenters. The maximum absolute atomic E-state index is 13.2. The topological polar surface area (TPSA) is 26.8 Å². The van der Waals surface area contributed by atoms with Crippen LogP contribution in [0.25, 0.3) is 6.08 Å². The first-order valence-electron chi connectivity index (χ1n) is 11.7. The molecule has 0 saturated carbocycles. The van der Waals surface area contributed by atoms with Gasteiger partial charge in [-0.1, -0.05) is 59.6 Å². The first kappa shape index (κ1) is 23.0. The van der Waals surface area contributed by atoms with Crippen molar-refractivity contribution in [2.24, 2.45) is 0 Å². The predicted octanol–water partition coefficient (Wildman–Crippen LogP) is 6.51. The largest absolute Gasteiger partial charge is 0.337 e. The summed E-state index contributed by atoms with van der Waals surface area (Å²) in [5, 5.41) is 1.16. The molecule has 34 heavy (non-hydrogen) atoms. The number of hydrogen-bond donors (Lipinski definition) is 0. The Hall–Kier alpha value is -2.79. The predicted molar refractivity (Wildman–Crippen MR) is 141 cm³/mol. The number of carbonyl (C=O) groups excluding carboxylic acids is 1. The van der Waals surface area contributed by atoms with Crippen molar-refractivity contribution in [1.29, 1.82) is 0 Å². The number of hydrogen-bond acceptors (Lipinski definition) is 3. The smallest absolute Gasteiger partial charge is 0.253 e. The monoisotopic (exact) mass is 491 g/mol. The molecule has 0 N–H and O–H groups in total. The zero-order valence-electron chi connectivity index (χ0n) is 19.0. The summed E-state index contributed by atoms with van der Waals surface area (Å²) >= 11 is 12.2. The Balaban J connectivity index is 1.22. The maximum atomic E-state index is 13.2. The number of rotatable bonds is 4. The van der Waals surface area contributed by atoms with Crippen molar-refractivity contribution >= 4 is 46.6 Å². The summed E-state index contributed by atoms with van der Waals surface area (Å²) in [5.41, 5.74) is 5.38. The molecule has 1 fully saturated rings. The molecule has 174 valence electrons. The normalized spacial score (nSPS) is 16.3. The Morgan fingerprint density at radius 2 is 1.68 bits per heavy atom. The molecule has 5 rings (SSSR count). The Kier molecular flexibility index (Phi) is 6.91. The highest BCUT2D eigenvalue weighted by Crippen LogP contribution is 2.32. The van der Waals surface area contributed by atoms with Gasteiger partial charge >= 0.3 is 0 Å².